The van der Waals surface area contributed by atoms with Gasteiger partial charge in [0.25, 0.3) is 5.91 Å². The Morgan fingerprint density at radius 1 is 0.973 bits per heavy atom. The van der Waals surface area contributed by atoms with Gasteiger partial charge in [-0.15, -0.1) is 10.2 Å². The number of aromatic nitrogens is 3. The van der Waals surface area contributed by atoms with Gasteiger partial charge >= 0.3 is 0 Å². The number of hydrazone groups is 1. The van der Waals surface area contributed by atoms with Crippen molar-refractivity contribution in [2.75, 3.05) is 27.1 Å². The van der Waals surface area contributed by atoms with Gasteiger partial charge < -0.3 is 14.2 Å². The molecular formula is C26H24ClN5O4S. The fourth-order valence-corrected chi connectivity index (χ4v) is 4.32. The number of benzene rings is 3. The lowest BCUT2D eigenvalue weighted by Gasteiger charge is -2.11. The number of amides is 1. The van der Waals surface area contributed by atoms with E-state index in [9.17, 15) is 4.79 Å². The van der Waals surface area contributed by atoms with Gasteiger partial charge in [0.1, 0.15) is 5.75 Å². The molecule has 0 aliphatic heterocycles. The van der Waals surface area contributed by atoms with Crippen molar-refractivity contribution in [1.82, 2.24) is 20.2 Å². The second kappa shape index (κ2) is 12.3. The second-order valence-corrected chi connectivity index (χ2v) is 8.89. The zero-order valence-corrected chi connectivity index (χ0v) is 21.9. The summed E-state index contributed by atoms with van der Waals surface area (Å²) in [5.41, 5.74) is 4.87. The quantitative estimate of drug-likeness (QED) is 0.175. The van der Waals surface area contributed by atoms with E-state index in [-0.39, 0.29) is 11.7 Å². The number of methoxy groups -OCH3 is 3. The van der Waals surface area contributed by atoms with Crippen molar-refractivity contribution >= 4 is 35.5 Å². The Kier molecular flexibility index (Phi) is 8.65. The van der Waals surface area contributed by atoms with E-state index in [0.29, 0.717) is 38.8 Å². The average Bonchev–Trinajstić information content (AvgIpc) is 3.36. The lowest BCUT2D eigenvalue weighted by atomic mass is 10.2. The summed E-state index contributed by atoms with van der Waals surface area (Å²) >= 11 is 7.33. The largest absolute Gasteiger partial charge is 0.496 e. The lowest BCUT2D eigenvalue weighted by Crippen LogP contribution is -2.20. The smallest absolute Gasteiger partial charge is 0.250 e. The van der Waals surface area contributed by atoms with Gasteiger partial charge in [0, 0.05) is 27.9 Å². The molecule has 0 saturated heterocycles. The molecule has 1 aromatic heterocycles. The van der Waals surface area contributed by atoms with E-state index in [4.69, 9.17) is 25.8 Å². The Labute approximate surface area is 223 Å². The number of carbonyl (C=O) groups is 1. The fraction of sp³-hybridized carbons (Fsp3) is 0.154. The van der Waals surface area contributed by atoms with Crippen molar-refractivity contribution in [3.63, 3.8) is 0 Å². The Morgan fingerprint density at radius 3 is 2.32 bits per heavy atom. The van der Waals surface area contributed by atoms with Crippen LogP contribution in [0.5, 0.6) is 17.2 Å². The highest BCUT2D eigenvalue weighted by Crippen LogP contribution is 2.34. The minimum Gasteiger partial charge on any atom is -0.496 e. The highest BCUT2D eigenvalue weighted by atomic mass is 35.5. The molecule has 1 N–H and O–H groups in total. The summed E-state index contributed by atoms with van der Waals surface area (Å²) in [7, 11) is 4.62. The number of thioether (sulfide) groups is 1. The Morgan fingerprint density at radius 2 is 1.65 bits per heavy atom. The maximum atomic E-state index is 12.6. The normalized spacial score (nSPS) is 10.9. The predicted octanol–water partition coefficient (Wildman–Crippen LogP) is 4.86. The number of hydrogen-bond acceptors (Lipinski definition) is 8. The lowest BCUT2D eigenvalue weighted by molar-refractivity contribution is -0.118. The van der Waals surface area contributed by atoms with Crippen LogP contribution in [0.25, 0.3) is 17.1 Å². The van der Waals surface area contributed by atoms with E-state index in [0.717, 1.165) is 11.3 Å². The molecule has 0 fully saturated rings. The monoisotopic (exact) mass is 537 g/mol. The van der Waals surface area contributed by atoms with Crippen molar-refractivity contribution in [2.24, 2.45) is 5.10 Å². The number of rotatable bonds is 10. The molecule has 4 rings (SSSR count). The molecule has 11 heteroatoms. The van der Waals surface area contributed by atoms with Crippen LogP contribution >= 0.6 is 23.4 Å². The third-order valence-corrected chi connectivity index (χ3v) is 6.39. The van der Waals surface area contributed by atoms with Gasteiger partial charge in [-0.3, -0.25) is 9.36 Å². The average molecular weight is 538 g/mol. The molecule has 0 unspecified atom stereocenters. The first kappa shape index (κ1) is 26.1. The van der Waals surface area contributed by atoms with Gasteiger partial charge in [-0.1, -0.05) is 53.7 Å². The Hall–Kier alpha value is -4.02. The van der Waals surface area contributed by atoms with E-state index >= 15 is 0 Å². The maximum Gasteiger partial charge on any atom is 0.250 e. The molecule has 0 bridgehead atoms. The second-order valence-electron chi connectivity index (χ2n) is 7.52. The predicted molar refractivity (Wildman–Crippen MR) is 144 cm³/mol. The first-order chi connectivity index (χ1) is 18.0. The topological polar surface area (TPSA) is 99.9 Å². The van der Waals surface area contributed by atoms with Gasteiger partial charge in [-0.25, -0.2) is 5.43 Å². The summed E-state index contributed by atoms with van der Waals surface area (Å²) in [6.07, 6.45) is 1.48. The standard InChI is InChI=1S/C26H24ClN5O4S/c1-34-21-14-23(36-3)22(35-2)13-18(21)15-28-29-24(33)16-37-26-31-30-25(17-7-5-4-6-8-17)32(26)20-11-9-19(27)10-12-20/h4-15H,16H2,1-3H3,(H,29,33)/b28-15+. The number of carbonyl (C=O) groups excluding carboxylic acids is 1. The van der Waals surface area contributed by atoms with Gasteiger partial charge in [-0.2, -0.15) is 5.10 Å². The SMILES string of the molecule is COc1cc(OC)c(OC)cc1/C=N/NC(=O)CSc1nnc(-c2ccccc2)n1-c1ccc(Cl)cc1. The van der Waals surface area contributed by atoms with Crippen LogP contribution in [0.3, 0.4) is 0 Å². The molecule has 190 valence electrons. The summed E-state index contributed by atoms with van der Waals surface area (Å²) < 4.78 is 17.9. The molecule has 3 aromatic carbocycles. The number of ether oxygens (including phenoxy) is 3. The summed E-state index contributed by atoms with van der Waals surface area (Å²) in [6.45, 7) is 0. The van der Waals surface area contributed by atoms with Crippen LogP contribution in [0.1, 0.15) is 5.56 Å². The van der Waals surface area contributed by atoms with Gasteiger partial charge in [0.2, 0.25) is 0 Å². The summed E-state index contributed by atoms with van der Waals surface area (Å²) in [5, 5.41) is 14.0. The van der Waals surface area contributed by atoms with Crippen LogP contribution < -0.4 is 19.6 Å². The number of nitrogens with one attached hydrogen (secondary N) is 1. The van der Waals surface area contributed by atoms with E-state index < -0.39 is 0 Å². The van der Waals surface area contributed by atoms with Crippen LogP contribution in [-0.2, 0) is 4.79 Å². The van der Waals surface area contributed by atoms with E-state index in [1.54, 1.807) is 31.4 Å². The third kappa shape index (κ3) is 6.22. The minimum absolute atomic E-state index is 0.0704. The highest BCUT2D eigenvalue weighted by Gasteiger charge is 2.17. The van der Waals surface area contributed by atoms with E-state index in [1.165, 1.54) is 32.2 Å². The highest BCUT2D eigenvalue weighted by molar-refractivity contribution is 7.99. The first-order valence-electron chi connectivity index (χ1n) is 11.1. The molecule has 1 amide bonds. The maximum absolute atomic E-state index is 12.6. The number of nitrogens with zero attached hydrogens (tertiary/aromatic N) is 4. The zero-order valence-electron chi connectivity index (χ0n) is 20.3. The summed E-state index contributed by atoms with van der Waals surface area (Å²) in [6, 6.07) is 20.4. The van der Waals surface area contributed by atoms with Crippen molar-refractivity contribution in [1.29, 1.82) is 0 Å². The molecule has 0 radical (unpaired) electrons. The first-order valence-corrected chi connectivity index (χ1v) is 12.4. The van der Waals surface area contributed by atoms with Crippen LogP contribution in [0, 0.1) is 0 Å². The van der Waals surface area contributed by atoms with Crippen molar-refractivity contribution in [3.8, 4) is 34.3 Å². The van der Waals surface area contributed by atoms with Crippen molar-refractivity contribution < 1.29 is 19.0 Å². The van der Waals surface area contributed by atoms with Crippen molar-refractivity contribution in [2.45, 2.75) is 5.16 Å². The molecule has 0 aliphatic rings. The molecular weight excluding hydrogens is 514 g/mol. The van der Waals surface area contributed by atoms with E-state index in [2.05, 4.69) is 20.7 Å². The van der Waals surface area contributed by atoms with Crippen molar-refractivity contribution in [3.05, 3.63) is 77.3 Å². The summed E-state index contributed by atoms with van der Waals surface area (Å²) in [5.74, 6) is 1.98. The van der Waals surface area contributed by atoms with Crippen LogP contribution in [0.15, 0.2) is 77.0 Å². The molecule has 9 nitrogen and oxygen atoms in total. The number of halogens is 1. The third-order valence-electron chi connectivity index (χ3n) is 5.21. The molecule has 37 heavy (non-hydrogen) atoms. The molecule has 0 aliphatic carbocycles. The Balaban J connectivity index is 1.49. The van der Waals surface area contributed by atoms with Crippen LogP contribution in [-0.4, -0.2) is 54.0 Å². The minimum atomic E-state index is -0.312. The fourth-order valence-electron chi connectivity index (χ4n) is 3.45. The number of hydrogen-bond donors (Lipinski definition) is 1. The molecule has 0 spiro atoms. The zero-order chi connectivity index (χ0) is 26.2. The molecule has 4 aromatic rings. The Bertz CT molecular complexity index is 1390. The van der Waals surface area contributed by atoms with Gasteiger partial charge in [-0.05, 0) is 30.3 Å². The van der Waals surface area contributed by atoms with Gasteiger partial charge in [0.15, 0.2) is 22.5 Å². The van der Waals surface area contributed by atoms with Crippen LogP contribution in [0.2, 0.25) is 5.02 Å². The molecule has 0 saturated carbocycles. The summed E-state index contributed by atoms with van der Waals surface area (Å²) in [4.78, 5) is 12.6. The van der Waals surface area contributed by atoms with Crippen LogP contribution in [0.4, 0.5) is 0 Å². The molecule has 0 atom stereocenters. The van der Waals surface area contributed by atoms with Gasteiger partial charge in [0.05, 0.1) is 33.3 Å². The molecule has 1 heterocycles. The van der Waals surface area contributed by atoms with E-state index in [1.807, 2.05) is 47.0 Å².